The van der Waals surface area contributed by atoms with Crippen molar-refractivity contribution in [2.75, 3.05) is 34.4 Å². The molecule has 1 aromatic carbocycles. The van der Waals surface area contributed by atoms with Crippen LogP contribution in [0, 0.1) is 5.92 Å². The monoisotopic (exact) mass is 518 g/mol. The summed E-state index contributed by atoms with van der Waals surface area (Å²) in [5, 5.41) is 5.41. The van der Waals surface area contributed by atoms with Crippen LogP contribution in [0.3, 0.4) is 0 Å². The predicted octanol–water partition coefficient (Wildman–Crippen LogP) is 3.46. The van der Waals surface area contributed by atoms with E-state index in [1.54, 1.807) is 32.3 Å². The van der Waals surface area contributed by atoms with Gasteiger partial charge in [0.25, 0.3) is 0 Å². The van der Waals surface area contributed by atoms with E-state index >= 15 is 0 Å². The third-order valence-electron chi connectivity index (χ3n) is 5.55. The highest BCUT2D eigenvalue weighted by Crippen LogP contribution is 2.28. The Kier molecular flexibility index (Phi) is 14.5. The lowest BCUT2D eigenvalue weighted by atomic mass is 10.1. The molecule has 0 radical (unpaired) electrons. The third kappa shape index (κ3) is 13.4. The Morgan fingerprint density at radius 2 is 1.73 bits per heavy atom. The van der Waals surface area contributed by atoms with Crippen LogP contribution in [0.15, 0.2) is 30.4 Å². The van der Waals surface area contributed by atoms with E-state index < -0.39 is 6.09 Å². The van der Waals surface area contributed by atoms with Gasteiger partial charge in [-0.25, -0.2) is 4.79 Å². The van der Waals surface area contributed by atoms with Crippen LogP contribution < -0.4 is 20.1 Å². The van der Waals surface area contributed by atoms with E-state index in [1.807, 2.05) is 0 Å². The minimum absolute atomic E-state index is 0.0156. The van der Waals surface area contributed by atoms with E-state index in [-0.39, 0.29) is 36.6 Å². The number of unbranched alkanes of at least 4 members (excludes halogenated alkanes) is 2. The summed E-state index contributed by atoms with van der Waals surface area (Å²) in [4.78, 5) is 50.5. The van der Waals surface area contributed by atoms with E-state index in [9.17, 15) is 19.2 Å². The van der Waals surface area contributed by atoms with Gasteiger partial charge >= 0.3 is 6.09 Å². The van der Waals surface area contributed by atoms with Crippen LogP contribution in [-0.4, -0.2) is 68.0 Å². The molecule has 10 heteroatoms. The minimum atomic E-state index is -0.747. The molecule has 0 saturated carbocycles. The maximum absolute atomic E-state index is 12.2. The Bertz CT molecular complexity index is 931. The van der Waals surface area contributed by atoms with E-state index in [4.69, 9.17) is 9.47 Å². The first-order valence-corrected chi connectivity index (χ1v) is 12.5. The molecule has 2 N–H and O–H groups in total. The molecule has 0 fully saturated rings. The molecule has 0 aromatic heterocycles. The summed E-state index contributed by atoms with van der Waals surface area (Å²) in [5.41, 5.74) is 0.804. The van der Waals surface area contributed by atoms with Crippen molar-refractivity contribution in [3.63, 3.8) is 0 Å². The highest BCUT2D eigenvalue weighted by atomic mass is 16.6. The van der Waals surface area contributed by atoms with Crippen molar-refractivity contribution in [2.45, 2.75) is 59.4 Å². The molecular weight excluding hydrogens is 476 g/mol. The average molecular weight is 519 g/mol. The third-order valence-corrected chi connectivity index (χ3v) is 5.55. The number of hydrogen-bond acceptors (Lipinski definition) is 6. The summed E-state index contributed by atoms with van der Waals surface area (Å²) in [5.74, 6) is 0.734. The molecule has 1 aromatic rings. The molecule has 0 heterocycles. The van der Waals surface area contributed by atoms with Crippen LogP contribution >= 0.6 is 0 Å². The quantitative estimate of drug-likeness (QED) is 0.209. The molecule has 0 saturated heterocycles. The zero-order valence-corrected chi connectivity index (χ0v) is 23.0. The van der Waals surface area contributed by atoms with Gasteiger partial charge in [-0.15, -0.1) is 0 Å². The van der Waals surface area contributed by atoms with Crippen LogP contribution in [-0.2, 0) is 20.9 Å². The molecular formula is C27H42N4O6. The van der Waals surface area contributed by atoms with E-state index in [0.717, 1.165) is 24.8 Å². The Morgan fingerprint density at radius 3 is 2.38 bits per heavy atom. The maximum atomic E-state index is 12.2. The van der Waals surface area contributed by atoms with Crippen molar-refractivity contribution in [3.8, 4) is 11.5 Å². The Balaban J connectivity index is 2.45. The standard InChI is InChI=1S/C27H42N4O6/c1-20(2)11-9-7-8-10-12-25(33)28-18-22-13-14-23(24(17-22)36-6)37-27(35)29-19-31(5)26(34)15-16-30(4)21(3)32/h9,11,13-14,17,20H,7-8,10,12,15-16,18-19H2,1-6H3,(H,28,33)(H,29,35)/b11-9+. The molecule has 4 amide bonds. The molecule has 0 atom stereocenters. The largest absolute Gasteiger partial charge is 0.493 e. The van der Waals surface area contributed by atoms with E-state index in [0.29, 0.717) is 31.2 Å². The Hall–Kier alpha value is -3.56. The van der Waals surface area contributed by atoms with Gasteiger partial charge in [-0.2, -0.15) is 0 Å². The SMILES string of the molecule is COc1cc(CNC(=O)CCCC/C=C/C(C)C)ccc1OC(=O)NCN(C)C(=O)CCN(C)C(C)=O. The van der Waals surface area contributed by atoms with E-state index in [2.05, 4.69) is 36.6 Å². The van der Waals surface area contributed by atoms with Crippen LogP contribution in [0.4, 0.5) is 4.79 Å². The molecule has 0 aliphatic heterocycles. The number of allylic oxidation sites excluding steroid dienone is 2. The van der Waals surface area contributed by atoms with Gasteiger partial charge in [0.2, 0.25) is 17.7 Å². The predicted molar refractivity (Wildman–Crippen MR) is 142 cm³/mol. The highest BCUT2D eigenvalue weighted by molar-refractivity contribution is 5.78. The fourth-order valence-corrected chi connectivity index (χ4v) is 3.13. The van der Waals surface area contributed by atoms with Gasteiger partial charge in [0.05, 0.1) is 13.8 Å². The van der Waals surface area contributed by atoms with Crippen molar-refractivity contribution in [2.24, 2.45) is 5.92 Å². The minimum Gasteiger partial charge on any atom is -0.493 e. The summed E-state index contributed by atoms with van der Waals surface area (Å²) in [6.07, 6.45) is 6.97. The number of ether oxygens (including phenoxy) is 2. The lowest BCUT2D eigenvalue weighted by molar-refractivity contribution is -0.132. The Labute approximate surface area is 220 Å². The highest BCUT2D eigenvalue weighted by Gasteiger charge is 2.15. The van der Waals surface area contributed by atoms with Crippen molar-refractivity contribution in [1.82, 2.24) is 20.4 Å². The first kappa shape index (κ1) is 31.5. The molecule has 37 heavy (non-hydrogen) atoms. The normalized spacial score (nSPS) is 10.8. The number of amides is 4. The van der Waals surface area contributed by atoms with Crippen molar-refractivity contribution in [3.05, 3.63) is 35.9 Å². The fourth-order valence-electron chi connectivity index (χ4n) is 3.13. The lowest BCUT2D eigenvalue weighted by Crippen LogP contribution is -2.41. The molecule has 1 rings (SSSR count). The smallest absolute Gasteiger partial charge is 0.414 e. The van der Waals surface area contributed by atoms with Gasteiger partial charge in [0.1, 0.15) is 0 Å². The number of benzene rings is 1. The Morgan fingerprint density at radius 1 is 1.00 bits per heavy atom. The second kappa shape index (κ2) is 17.0. The molecule has 10 nitrogen and oxygen atoms in total. The first-order chi connectivity index (χ1) is 17.5. The molecule has 0 spiro atoms. The van der Waals surface area contributed by atoms with Crippen molar-refractivity contribution >= 4 is 23.8 Å². The van der Waals surface area contributed by atoms with Crippen LogP contribution in [0.1, 0.15) is 58.4 Å². The summed E-state index contributed by atoms with van der Waals surface area (Å²) in [6.45, 7) is 6.28. The second-order valence-corrected chi connectivity index (χ2v) is 9.19. The number of carbonyl (C=O) groups is 4. The summed E-state index contributed by atoms with van der Waals surface area (Å²) in [7, 11) is 4.62. The topological polar surface area (TPSA) is 117 Å². The van der Waals surface area contributed by atoms with Crippen LogP contribution in [0.5, 0.6) is 11.5 Å². The van der Waals surface area contributed by atoms with Crippen LogP contribution in [0.2, 0.25) is 0 Å². The zero-order chi connectivity index (χ0) is 27.8. The van der Waals surface area contributed by atoms with Gasteiger partial charge < -0.3 is 29.9 Å². The molecule has 0 bridgehead atoms. The van der Waals surface area contributed by atoms with Crippen molar-refractivity contribution in [1.29, 1.82) is 0 Å². The van der Waals surface area contributed by atoms with Gasteiger partial charge in [-0.1, -0.05) is 32.1 Å². The number of carbonyl (C=O) groups excluding carboxylic acids is 4. The van der Waals surface area contributed by atoms with Gasteiger partial charge in [0.15, 0.2) is 11.5 Å². The first-order valence-electron chi connectivity index (χ1n) is 12.5. The number of nitrogens with one attached hydrogen (secondary N) is 2. The number of methoxy groups -OCH3 is 1. The molecule has 0 unspecified atom stereocenters. The molecule has 0 aliphatic rings. The van der Waals surface area contributed by atoms with Crippen molar-refractivity contribution < 1.29 is 28.7 Å². The number of nitrogens with zero attached hydrogens (tertiary/aromatic N) is 2. The average Bonchev–Trinajstić information content (AvgIpc) is 2.86. The zero-order valence-electron chi connectivity index (χ0n) is 23.0. The van der Waals surface area contributed by atoms with Gasteiger partial charge in [-0.05, 0) is 42.9 Å². The summed E-state index contributed by atoms with van der Waals surface area (Å²) < 4.78 is 10.6. The lowest BCUT2D eigenvalue weighted by Gasteiger charge is -2.20. The second-order valence-electron chi connectivity index (χ2n) is 9.19. The van der Waals surface area contributed by atoms with Gasteiger partial charge in [0, 0.05) is 47.0 Å². The number of rotatable bonds is 15. The molecule has 206 valence electrons. The fraction of sp³-hybridized carbons (Fsp3) is 0.556. The number of hydrogen-bond donors (Lipinski definition) is 2. The summed E-state index contributed by atoms with van der Waals surface area (Å²) >= 11 is 0. The van der Waals surface area contributed by atoms with Gasteiger partial charge in [-0.3, -0.25) is 14.4 Å². The van der Waals surface area contributed by atoms with E-state index in [1.165, 1.54) is 23.8 Å². The maximum Gasteiger partial charge on any atom is 0.414 e. The molecule has 0 aliphatic carbocycles. The van der Waals surface area contributed by atoms with Crippen LogP contribution in [0.25, 0.3) is 0 Å². The summed E-state index contributed by atoms with van der Waals surface area (Å²) in [6, 6.07) is 5.03.